The predicted octanol–water partition coefficient (Wildman–Crippen LogP) is 5.34. The third kappa shape index (κ3) is 5.10. The van der Waals surface area contributed by atoms with Gasteiger partial charge in [0.25, 0.3) is 5.56 Å². The number of anilines is 1. The Labute approximate surface area is 218 Å². The van der Waals surface area contributed by atoms with Gasteiger partial charge in [-0.2, -0.15) is 0 Å². The van der Waals surface area contributed by atoms with Crippen LogP contribution in [0.4, 0.5) is 5.69 Å². The maximum Gasteiger partial charge on any atom is 0.336 e. The van der Waals surface area contributed by atoms with Crippen molar-refractivity contribution in [2.24, 2.45) is 0 Å². The van der Waals surface area contributed by atoms with Crippen LogP contribution >= 0.6 is 11.6 Å². The zero-order valence-corrected chi connectivity index (χ0v) is 20.9. The minimum absolute atomic E-state index is 0.150. The average Bonchev–Trinajstić information content (AvgIpc) is 2.88. The number of hydrogen-bond acceptors (Lipinski definition) is 3. The van der Waals surface area contributed by atoms with E-state index in [1.165, 1.54) is 0 Å². The third-order valence-electron chi connectivity index (χ3n) is 6.20. The Hall–Kier alpha value is -4.42. The highest BCUT2D eigenvalue weighted by Gasteiger charge is 2.16. The SMILES string of the molecule is Cc1cccc(NC(=O)Cc2ccc(-n3c(=O)c4ccccc4n(Cc4ccccc4Cl)c3=O)cc2)c1. The van der Waals surface area contributed by atoms with E-state index in [1.807, 2.05) is 49.4 Å². The second-order valence-electron chi connectivity index (χ2n) is 8.88. The average molecular weight is 510 g/mol. The number of nitrogens with one attached hydrogen (secondary N) is 1. The van der Waals surface area contributed by atoms with Gasteiger partial charge in [0.15, 0.2) is 0 Å². The minimum atomic E-state index is -0.464. The molecule has 0 bridgehead atoms. The molecule has 1 amide bonds. The van der Waals surface area contributed by atoms with Crippen molar-refractivity contribution in [1.29, 1.82) is 0 Å². The Balaban J connectivity index is 1.49. The molecule has 0 unspecified atom stereocenters. The fraction of sp³-hybridized carbons (Fsp3) is 0.100. The zero-order chi connectivity index (χ0) is 25.9. The van der Waals surface area contributed by atoms with Crippen LogP contribution in [0, 0.1) is 6.92 Å². The van der Waals surface area contributed by atoms with E-state index in [2.05, 4.69) is 5.32 Å². The monoisotopic (exact) mass is 509 g/mol. The van der Waals surface area contributed by atoms with Gasteiger partial charge in [0, 0.05) is 10.7 Å². The van der Waals surface area contributed by atoms with Crippen molar-refractivity contribution in [2.45, 2.75) is 19.9 Å². The third-order valence-corrected chi connectivity index (χ3v) is 6.57. The number of benzene rings is 4. The number of aromatic nitrogens is 2. The van der Waals surface area contributed by atoms with Crippen molar-refractivity contribution in [2.75, 3.05) is 5.32 Å². The smallest absolute Gasteiger partial charge is 0.326 e. The summed E-state index contributed by atoms with van der Waals surface area (Å²) in [5, 5.41) is 3.87. The summed E-state index contributed by atoms with van der Waals surface area (Å²) in [4.78, 5) is 39.5. The van der Waals surface area contributed by atoms with E-state index in [0.717, 1.165) is 26.9 Å². The van der Waals surface area contributed by atoms with Gasteiger partial charge in [-0.3, -0.25) is 14.2 Å². The molecular weight excluding hydrogens is 486 g/mol. The van der Waals surface area contributed by atoms with Crippen molar-refractivity contribution in [3.05, 3.63) is 140 Å². The molecule has 0 spiro atoms. The maximum atomic E-state index is 13.6. The van der Waals surface area contributed by atoms with Crippen molar-refractivity contribution < 1.29 is 4.79 Å². The van der Waals surface area contributed by atoms with Crippen LogP contribution in [0.15, 0.2) is 107 Å². The Morgan fingerprint density at radius 1 is 0.865 bits per heavy atom. The Bertz CT molecular complexity index is 1740. The van der Waals surface area contributed by atoms with Gasteiger partial charge in [-0.05, 0) is 66.1 Å². The first-order valence-electron chi connectivity index (χ1n) is 11.8. The highest BCUT2D eigenvalue weighted by atomic mass is 35.5. The van der Waals surface area contributed by atoms with E-state index in [-0.39, 0.29) is 18.9 Å². The highest BCUT2D eigenvalue weighted by molar-refractivity contribution is 6.31. The van der Waals surface area contributed by atoms with Gasteiger partial charge in [-0.15, -0.1) is 0 Å². The molecule has 0 aliphatic heterocycles. The first kappa shape index (κ1) is 24.3. The normalized spacial score (nSPS) is 11.0. The molecule has 5 rings (SSSR count). The number of aryl methyl sites for hydroxylation is 1. The number of para-hydroxylation sites is 1. The second-order valence-corrected chi connectivity index (χ2v) is 9.29. The van der Waals surface area contributed by atoms with Gasteiger partial charge in [-0.1, -0.05) is 66.2 Å². The molecule has 37 heavy (non-hydrogen) atoms. The molecular formula is C30H24ClN3O3. The van der Waals surface area contributed by atoms with Crippen LogP contribution in [0.3, 0.4) is 0 Å². The lowest BCUT2D eigenvalue weighted by atomic mass is 10.1. The number of carbonyl (C=O) groups excluding carboxylic acids is 1. The largest absolute Gasteiger partial charge is 0.336 e. The highest BCUT2D eigenvalue weighted by Crippen LogP contribution is 2.18. The van der Waals surface area contributed by atoms with Crippen molar-refractivity contribution in [3.8, 4) is 5.69 Å². The second kappa shape index (κ2) is 10.3. The van der Waals surface area contributed by atoms with E-state index < -0.39 is 11.2 Å². The van der Waals surface area contributed by atoms with Crippen LogP contribution in [0.5, 0.6) is 0 Å². The van der Waals surface area contributed by atoms with E-state index >= 15 is 0 Å². The first-order chi connectivity index (χ1) is 17.9. The molecule has 4 aromatic carbocycles. The molecule has 1 heterocycles. The number of fused-ring (bicyclic) bond motifs is 1. The molecule has 1 aromatic heterocycles. The molecule has 6 nitrogen and oxygen atoms in total. The lowest BCUT2D eigenvalue weighted by Crippen LogP contribution is -2.39. The summed E-state index contributed by atoms with van der Waals surface area (Å²) in [6.07, 6.45) is 0.164. The lowest BCUT2D eigenvalue weighted by Gasteiger charge is -2.15. The van der Waals surface area contributed by atoms with E-state index in [1.54, 1.807) is 59.2 Å². The molecule has 184 valence electrons. The quantitative estimate of drug-likeness (QED) is 0.335. The van der Waals surface area contributed by atoms with Gasteiger partial charge >= 0.3 is 5.69 Å². The standard InChI is InChI=1S/C30H24ClN3O3/c1-20-7-6-9-23(17-20)32-28(35)18-21-13-15-24(16-14-21)34-29(36)25-10-3-5-12-27(25)33(30(34)37)19-22-8-2-4-11-26(22)31/h2-17H,18-19H2,1H3,(H,32,35). The summed E-state index contributed by atoms with van der Waals surface area (Å²) >= 11 is 6.37. The first-order valence-corrected chi connectivity index (χ1v) is 12.2. The molecule has 0 fully saturated rings. The molecule has 1 N–H and O–H groups in total. The predicted molar refractivity (Wildman–Crippen MR) is 148 cm³/mol. The van der Waals surface area contributed by atoms with E-state index in [4.69, 9.17) is 11.6 Å². The van der Waals surface area contributed by atoms with Crippen molar-refractivity contribution in [3.63, 3.8) is 0 Å². The summed E-state index contributed by atoms with van der Waals surface area (Å²) in [5.41, 5.74) is 3.44. The van der Waals surface area contributed by atoms with Crippen LogP contribution in [0.1, 0.15) is 16.7 Å². The summed E-state index contributed by atoms with van der Waals surface area (Å²) in [7, 11) is 0. The van der Waals surface area contributed by atoms with E-state index in [9.17, 15) is 14.4 Å². The number of carbonyl (C=O) groups is 1. The molecule has 0 saturated carbocycles. The van der Waals surface area contributed by atoms with Gasteiger partial charge in [0.2, 0.25) is 5.91 Å². The molecule has 7 heteroatoms. The Morgan fingerprint density at radius 2 is 1.59 bits per heavy atom. The molecule has 0 aliphatic rings. The van der Waals surface area contributed by atoms with Crippen LogP contribution in [0.2, 0.25) is 5.02 Å². The van der Waals surface area contributed by atoms with Gasteiger partial charge in [0.1, 0.15) is 0 Å². The topological polar surface area (TPSA) is 73.1 Å². The summed E-state index contributed by atoms with van der Waals surface area (Å²) in [6.45, 7) is 2.18. The molecule has 0 radical (unpaired) electrons. The van der Waals surface area contributed by atoms with Gasteiger partial charge in [0.05, 0.1) is 29.6 Å². The molecule has 5 aromatic rings. The number of halogens is 1. The number of hydrogen-bond donors (Lipinski definition) is 1. The van der Waals surface area contributed by atoms with Gasteiger partial charge in [-0.25, -0.2) is 9.36 Å². The number of nitrogens with zero attached hydrogens (tertiary/aromatic N) is 2. The molecule has 0 saturated heterocycles. The maximum absolute atomic E-state index is 13.6. The fourth-order valence-corrected chi connectivity index (χ4v) is 4.57. The fourth-order valence-electron chi connectivity index (χ4n) is 4.37. The van der Waals surface area contributed by atoms with Crippen LogP contribution in [-0.2, 0) is 17.8 Å². The molecule has 0 aliphatic carbocycles. The summed E-state index contributed by atoms with van der Waals surface area (Å²) < 4.78 is 2.72. The van der Waals surface area contributed by atoms with Crippen molar-refractivity contribution in [1.82, 2.24) is 9.13 Å². The number of rotatable bonds is 6. The minimum Gasteiger partial charge on any atom is -0.326 e. The lowest BCUT2D eigenvalue weighted by molar-refractivity contribution is -0.115. The zero-order valence-electron chi connectivity index (χ0n) is 20.1. The van der Waals surface area contributed by atoms with E-state index in [0.29, 0.717) is 21.6 Å². The van der Waals surface area contributed by atoms with Crippen LogP contribution in [-0.4, -0.2) is 15.0 Å². The molecule has 0 atom stereocenters. The van der Waals surface area contributed by atoms with Crippen LogP contribution in [0.25, 0.3) is 16.6 Å². The number of amides is 1. The summed E-state index contributed by atoms with van der Waals surface area (Å²) in [6, 6.07) is 28.8. The Kier molecular flexibility index (Phi) is 6.75. The Morgan fingerprint density at radius 3 is 2.35 bits per heavy atom. The van der Waals surface area contributed by atoms with Crippen molar-refractivity contribution >= 4 is 34.1 Å². The van der Waals surface area contributed by atoms with Crippen LogP contribution < -0.4 is 16.6 Å². The van der Waals surface area contributed by atoms with Gasteiger partial charge < -0.3 is 5.32 Å². The summed E-state index contributed by atoms with van der Waals surface area (Å²) in [5.74, 6) is -0.150.